The van der Waals surface area contributed by atoms with Crippen molar-refractivity contribution >= 4 is 11.6 Å². The van der Waals surface area contributed by atoms with Crippen LogP contribution in [0.1, 0.15) is 32.6 Å². The molecule has 0 atom stereocenters. The third-order valence-corrected chi connectivity index (χ3v) is 3.98. The Morgan fingerprint density at radius 1 is 1.20 bits per heavy atom. The number of nitrogens with one attached hydrogen (secondary N) is 1. The molecule has 2 saturated carbocycles. The van der Waals surface area contributed by atoms with Crippen LogP contribution in [0.4, 0.5) is 11.6 Å². The number of methoxy groups -OCH3 is 1. The Balaban J connectivity index is 1.84. The number of hydrogen-bond acceptors (Lipinski definition) is 5. The monoisotopic (exact) mass is 276 g/mol. The number of aromatic nitrogens is 2. The second-order valence-electron chi connectivity index (χ2n) is 5.90. The highest BCUT2D eigenvalue weighted by Crippen LogP contribution is 2.39. The normalized spacial score (nSPS) is 17.9. The van der Waals surface area contributed by atoms with Crippen LogP contribution in [0.25, 0.3) is 0 Å². The average molecular weight is 276 g/mol. The number of nitrogens with zero attached hydrogens (tertiary/aromatic N) is 3. The fourth-order valence-electron chi connectivity index (χ4n) is 2.54. The van der Waals surface area contributed by atoms with Crippen LogP contribution in [0.2, 0.25) is 0 Å². The summed E-state index contributed by atoms with van der Waals surface area (Å²) in [5.41, 5.74) is 0. The molecule has 0 bridgehead atoms. The molecule has 1 N–H and O–H groups in total. The molecule has 110 valence electrons. The maximum atomic E-state index is 5.58. The molecule has 3 rings (SSSR count). The summed E-state index contributed by atoms with van der Waals surface area (Å²) in [7, 11) is 1.70. The first-order valence-corrected chi connectivity index (χ1v) is 7.69. The van der Waals surface area contributed by atoms with Crippen molar-refractivity contribution in [3.8, 4) is 5.75 Å². The number of ether oxygens (including phenoxy) is 1. The van der Waals surface area contributed by atoms with Crippen molar-refractivity contribution < 1.29 is 4.74 Å². The van der Waals surface area contributed by atoms with E-state index < -0.39 is 0 Å². The van der Waals surface area contributed by atoms with Crippen LogP contribution in [0, 0.1) is 11.8 Å². The maximum absolute atomic E-state index is 5.58. The standard InChI is InChI=1S/C15H24N4O/c1-3-16-14-13(20-2)15(18-10-17-14)19(8-11-4-5-11)9-12-6-7-12/h10-12H,3-9H2,1-2H3,(H,16,17,18). The quantitative estimate of drug-likeness (QED) is 0.790. The van der Waals surface area contributed by atoms with Crippen molar-refractivity contribution in [2.45, 2.75) is 32.6 Å². The summed E-state index contributed by atoms with van der Waals surface area (Å²) in [6.07, 6.45) is 7.06. The van der Waals surface area contributed by atoms with Gasteiger partial charge in [0.2, 0.25) is 5.75 Å². The fourth-order valence-corrected chi connectivity index (χ4v) is 2.54. The summed E-state index contributed by atoms with van der Waals surface area (Å²) in [6.45, 7) is 5.11. The second kappa shape index (κ2) is 5.85. The van der Waals surface area contributed by atoms with Gasteiger partial charge in [0, 0.05) is 19.6 Å². The zero-order valence-corrected chi connectivity index (χ0v) is 12.4. The fraction of sp³-hybridized carbons (Fsp3) is 0.733. The molecule has 1 aromatic heterocycles. The van der Waals surface area contributed by atoms with Crippen molar-refractivity contribution in [2.75, 3.05) is 37.0 Å². The van der Waals surface area contributed by atoms with Gasteiger partial charge in [-0.3, -0.25) is 0 Å². The Morgan fingerprint density at radius 2 is 1.85 bits per heavy atom. The minimum Gasteiger partial charge on any atom is -0.490 e. The smallest absolute Gasteiger partial charge is 0.204 e. The van der Waals surface area contributed by atoms with Gasteiger partial charge in [-0.15, -0.1) is 0 Å². The van der Waals surface area contributed by atoms with E-state index >= 15 is 0 Å². The van der Waals surface area contributed by atoms with Crippen LogP contribution in [0.3, 0.4) is 0 Å². The third-order valence-electron chi connectivity index (χ3n) is 3.98. The molecule has 5 heteroatoms. The van der Waals surface area contributed by atoms with Gasteiger partial charge in [0.1, 0.15) is 6.33 Å². The number of rotatable bonds is 8. The van der Waals surface area contributed by atoms with E-state index in [0.29, 0.717) is 0 Å². The van der Waals surface area contributed by atoms with Gasteiger partial charge in [-0.05, 0) is 44.4 Å². The Bertz CT molecular complexity index is 443. The van der Waals surface area contributed by atoms with Crippen LogP contribution in [-0.4, -0.2) is 36.7 Å². The molecule has 0 aliphatic heterocycles. The summed E-state index contributed by atoms with van der Waals surface area (Å²) >= 11 is 0. The van der Waals surface area contributed by atoms with E-state index in [9.17, 15) is 0 Å². The highest BCUT2D eigenvalue weighted by Gasteiger charge is 2.31. The van der Waals surface area contributed by atoms with Gasteiger partial charge < -0.3 is 15.0 Å². The van der Waals surface area contributed by atoms with Crippen LogP contribution in [0.5, 0.6) is 5.75 Å². The van der Waals surface area contributed by atoms with E-state index in [-0.39, 0.29) is 0 Å². The average Bonchev–Trinajstić information content (AvgIpc) is 3.33. The minimum absolute atomic E-state index is 0.788. The third kappa shape index (κ3) is 3.14. The van der Waals surface area contributed by atoms with Gasteiger partial charge in [0.15, 0.2) is 11.6 Å². The van der Waals surface area contributed by atoms with Crippen LogP contribution in [0.15, 0.2) is 6.33 Å². The SMILES string of the molecule is CCNc1ncnc(N(CC2CC2)CC2CC2)c1OC. The van der Waals surface area contributed by atoms with Gasteiger partial charge in [-0.25, -0.2) is 9.97 Å². The predicted molar refractivity (Wildman–Crippen MR) is 80.4 cm³/mol. The number of anilines is 2. The zero-order valence-electron chi connectivity index (χ0n) is 12.4. The molecule has 20 heavy (non-hydrogen) atoms. The molecule has 0 aromatic carbocycles. The molecule has 0 saturated heterocycles. The molecule has 1 heterocycles. The van der Waals surface area contributed by atoms with Gasteiger partial charge in [0.25, 0.3) is 0 Å². The molecule has 0 spiro atoms. The van der Waals surface area contributed by atoms with E-state index in [1.54, 1.807) is 13.4 Å². The van der Waals surface area contributed by atoms with Crippen molar-refractivity contribution in [3.63, 3.8) is 0 Å². The van der Waals surface area contributed by atoms with E-state index in [2.05, 4.69) is 27.1 Å². The van der Waals surface area contributed by atoms with Crippen molar-refractivity contribution in [1.82, 2.24) is 9.97 Å². The zero-order chi connectivity index (χ0) is 13.9. The summed E-state index contributed by atoms with van der Waals surface area (Å²) in [5, 5.41) is 3.26. The Morgan fingerprint density at radius 3 is 2.35 bits per heavy atom. The Hall–Kier alpha value is -1.52. The largest absolute Gasteiger partial charge is 0.490 e. The molecule has 1 aromatic rings. The lowest BCUT2D eigenvalue weighted by Gasteiger charge is -2.26. The number of hydrogen-bond donors (Lipinski definition) is 1. The molecule has 0 unspecified atom stereocenters. The van der Waals surface area contributed by atoms with Crippen molar-refractivity contribution in [2.24, 2.45) is 11.8 Å². The minimum atomic E-state index is 0.788. The van der Waals surface area contributed by atoms with Gasteiger partial charge in [0.05, 0.1) is 7.11 Å². The molecule has 2 aliphatic carbocycles. The molecule has 0 radical (unpaired) electrons. The van der Waals surface area contributed by atoms with Crippen molar-refractivity contribution in [3.05, 3.63) is 6.33 Å². The van der Waals surface area contributed by atoms with Gasteiger partial charge in [-0.1, -0.05) is 0 Å². The van der Waals surface area contributed by atoms with Gasteiger partial charge in [-0.2, -0.15) is 0 Å². The van der Waals surface area contributed by atoms with E-state index in [4.69, 9.17) is 4.74 Å². The first kappa shape index (κ1) is 13.5. The summed E-state index contributed by atoms with van der Waals surface area (Å²) in [4.78, 5) is 11.2. The van der Waals surface area contributed by atoms with E-state index in [1.165, 1.54) is 25.7 Å². The first-order chi connectivity index (χ1) is 9.81. The lowest BCUT2D eigenvalue weighted by atomic mass is 10.3. The van der Waals surface area contributed by atoms with Crippen LogP contribution >= 0.6 is 0 Å². The summed E-state index contributed by atoms with van der Waals surface area (Å²) < 4.78 is 5.58. The van der Waals surface area contributed by atoms with E-state index in [0.717, 1.165) is 48.9 Å². The lowest BCUT2D eigenvalue weighted by Crippen LogP contribution is -2.29. The summed E-state index contributed by atoms with van der Waals surface area (Å²) in [5.74, 6) is 4.23. The van der Waals surface area contributed by atoms with Crippen molar-refractivity contribution in [1.29, 1.82) is 0 Å². The first-order valence-electron chi connectivity index (χ1n) is 7.69. The Labute approximate surface area is 120 Å². The topological polar surface area (TPSA) is 50.3 Å². The van der Waals surface area contributed by atoms with Crippen LogP contribution in [-0.2, 0) is 0 Å². The maximum Gasteiger partial charge on any atom is 0.204 e. The summed E-state index contributed by atoms with van der Waals surface area (Å²) in [6, 6.07) is 0. The van der Waals surface area contributed by atoms with Gasteiger partial charge >= 0.3 is 0 Å². The molecular weight excluding hydrogens is 252 g/mol. The predicted octanol–water partition coefficient (Wildman–Crippen LogP) is 2.54. The second-order valence-corrected chi connectivity index (χ2v) is 5.90. The Kier molecular flexibility index (Phi) is 3.94. The molecule has 2 fully saturated rings. The molecular formula is C15H24N4O. The molecule has 0 amide bonds. The molecule has 2 aliphatic rings. The lowest BCUT2D eigenvalue weighted by molar-refractivity contribution is 0.411. The van der Waals surface area contributed by atoms with Crippen LogP contribution < -0.4 is 15.0 Å². The van der Waals surface area contributed by atoms with E-state index in [1.807, 2.05) is 0 Å². The molecule has 5 nitrogen and oxygen atoms in total. The highest BCUT2D eigenvalue weighted by atomic mass is 16.5. The highest BCUT2D eigenvalue weighted by molar-refractivity contribution is 5.64.